The Bertz CT molecular complexity index is 6070. The van der Waals surface area contributed by atoms with E-state index in [1.54, 1.807) is 7.11 Å². The zero-order valence-corrected chi connectivity index (χ0v) is 76.7. The summed E-state index contributed by atoms with van der Waals surface area (Å²) in [4.78, 5) is 32.0. The highest BCUT2D eigenvalue weighted by molar-refractivity contribution is 9.11. The maximum Gasteiger partial charge on any atom is 0.373 e. The van der Waals surface area contributed by atoms with Gasteiger partial charge in [0.2, 0.25) is 0 Å². The highest BCUT2D eigenvalue weighted by atomic mass is 79.9. The van der Waals surface area contributed by atoms with E-state index in [0.29, 0.717) is 70.8 Å². The van der Waals surface area contributed by atoms with Crippen LogP contribution < -0.4 is 14.4 Å². The van der Waals surface area contributed by atoms with Gasteiger partial charge in [0.15, 0.2) is 11.5 Å². The Labute approximate surface area is 759 Å². The summed E-state index contributed by atoms with van der Waals surface area (Å²) in [6.07, 6.45) is 4.74. The number of benzene rings is 13. The van der Waals surface area contributed by atoms with Crippen LogP contribution in [0.4, 0.5) is 17.1 Å². The van der Waals surface area contributed by atoms with E-state index in [2.05, 4.69) is 341 Å². The van der Waals surface area contributed by atoms with Gasteiger partial charge in [-0.25, -0.2) is 4.79 Å². The molecule has 4 heterocycles. The molecule has 13 aromatic carbocycles. The quantitative estimate of drug-likeness (QED) is 0.0349. The molecule has 0 radical (unpaired) electrons. The van der Waals surface area contributed by atoms with Gasteiger partial charge in [0, 0.05) is 83.8 Å². The maximum atomic E-state index is 13.5. The third-order valence-corrected chi connectivity index (χ3v) is 25.1. The van der Waals surface area contributed by atoms with Gasteiger partial charge in [-0.2, -0.15) is 9.59 Å². The largest absolute Gasteiger partial charge is 0.490 e. The van der Waals surface area contributed by atoms with Gasteiger partial charge in [-0.15, -0.1) is 11.3 Å². The zero-order valence-electron chi connectivity index (χ0n) is 69.6. The number of methoxy groups -OCH3 is 1. The van der Waals surface area contributed by atoms with Crippen molar-refractivity contribution in [2.75, 3.05) is 97.9 Å². The van der Waals surface area contributed by atoms with Crippen molar-refractivity contribution in [1.82, 2.24) is 9.13 Å². The minimum absolute atomic E-state index is 0.0417. The molecule has 16 nitrogen and oxygen atoms in total. The smallest absolute Gasteiger partial charge is 0.373 e. The minimum atomic E-state index is -0.707. The number of carbonyl (C=O) groups excluding carboxylic acids is 3. The lowest BCUT2D eigenvalue weighted by Gasteiger charge is -2.35. The summed E-state index contributed by atoms with van der Waals surface area (Å²) >= 11 is 16.5. The van der Waals surface area contributed by atoms with Gasteiger partial charge in [-0.1, -0.05) is 205 Å². The van der Waals surface area contributed by atoms with E-state index < -0.39 is 11.4 Å². The topological polar surface area (TPSA) is 179 Å². The Balaban J connectivity index is 0.000000145. The molecular weight excluding hydrogens is 1840 g/mol. The fraction of sp³-hybridized carbons (Fsp3) is 0.223. The molecule has 0 saturated carbocycles. The lowest BCUT2D eigenvalue weighted by atomic mass is 9.67. The van der Waals surface area contributed by atoms with Crippen molar-refractivity contribution in [2.45, 2.75) is 58.8 Å². The molecule has 21 heteroatoms. The first kappa shape index (κ1) is 89.8. The van der Waals surface area contributed by atoms with E-state index in [-0.39, 0.29) is 32.6 Å². The van der Waals surface area contributed by atoms with Crippen LogP contribution in [0.15, 0.2) is 285 Å². The molecule has 0 amide bonds. The van der Waals surface area contributed by atoms with Gasteiger partial charge >= 0.3 is 12.1 Å². The summed E-state index contributed by atoms with van der Waals surface area (Å²) in [5.41, 5.74) is 20.9. The third kappa shape index (κ3) is 19.8. The molecule has 2 N–H and O–H groups in total. The van der Waals surface area contributed by atoms with Crippen molar-refractivity contribution in [3.63, 3.8) is 0 Å². The SMILES string of the molecule is CCCCc1ccc(N2c3ccc(Br)cc3Oc3cc(Br)ccc32)cc1.CCOC(=O)c1cc(C2(c3ccc(C)c(CC)c3)c3cc(Br)ccc3-c3ccc(Br)cc32)ccc1OCCOCCOCCOC.O=C=O.OCCOCCOCCO.c1ccc2c(c1)c1ccccc1n2-c1ccc2sc3ccc(-n4c5ccccc5c5ccccc54)cc3c2c1. The van der Waals surface area contributed by atoms with Crippen molar-refractivity contribution < 1.29 is 62.5 Å². The third-order valence-electron chi connectivity index (χ3n) is 21.9. The van der Waals surface area contributed by atoms with Gasteiger partial charge in [0.1, 0.15) is 17.9 Å². The second-order valence-corrected chi connectivity index (χ2v) is 34.3. The molecule has 0 unspecified atom stereocenters. The second-order valence-electron chi connectivity index (χ2n) is 29.5. The molecule has 0 spiro atoms. The van der Waals surface area contributed by atoms with E-state index in [4.69, 9.17) is 57.7 Å². The number of ether oxygens (including phenoxy) is 8. The molecule has 124 heavy (non-hydrogen) atoms. The molecule has 3 aromatic heterocycles. The van der Waals surface area contributed by atoms with Crippen molar-refractivity contribution >= 4 is 168 Å². The number of hydrogen-bond acceptors (Lipinski definition) is 15. The summed E-state index contributed by atoms with van der Waals surface area (Å²) in [5, 5.41) is 24.3. The monoisotopic (exact) mass is 1930 g/mol. The predicted molar refractivity (Wildman–Crippen MR) is 512 cm³/mol. The number of thiophene rings is 1. The number of aromatic nitrogens is 2. The minimum Gasteiger partial charge on any atom is -0.490 e. The standard InChI is InChI=1S/C38H40Br2O6.C36H22N2S.C22H19Br2NO.C6H14O4.CO2/c1-5-26-21-27(8-7-25(26)3)38(34-23-29(39)10-12-31(34)32-13-11-30(40)24-35(32)38)28-9-14-36(33(22-28)37(41)45-6-2)46-20-19-44-18-17-43-16-15-42-4;1-5-13-31-25(9-1)26-10-2-6-14-32(26)37(31)23-17-19-35-29(21-23)30-22-24(18-20-36(30)39-35)38-33-15-7-3-11-27(33)28-12-4-8-16-34(28)38;1-2-3-4-15-5-9-18(10-6-15)25-19-11-7-16(23)13-21(19)26-22-14-17(24)8-12-20(22)25;7-1-3-9-5-6-10-4-2-8;2-1-3/h7-14,21-24H,5-6,15-20H2,1-4H3;1-22H;5-14H,2-4H2,1H3;7-8H,1-6H2;. The van der Waals surface area contributed by atoms with Crippen molar-refractivity contribution in [1.29, 1.82) is 0 Å². The molecule has 0 bridgehead atoms. The number of rotatable bonds is 28. The fourth-order valence-electron chi connectivity index (χ4n) is 16.4. The first-order chi connectivity index (χ1) is 60.7. The summed E-state index contributed by atoms with van der Waals surface area (Å²) in [7, 11) is 1.64. The number of aryl methyl sites for hydroxylation is 3. The van der Waals surface area contributed by atoms with Crippen molar-refractivity contribution in [2.24, 2.45) is 0 Å². The molecule has 2 aliphatic rings. The van der Waals surface area contributed by atoms with E-state index in [1.807, 2.05) is 42.5 Å². The molecular formula is C103H95Br4N3O13S. The molecule has 0 saturated heterocycles. The van der Waals surface area contributed by atoms with Gasteiger partial charge in [-0.3, -0.25) is 0 Å². The number of esters is 1. The highest BCUT2D eigenvalue weighted by Crippen LogP contribution is 2.58. The Hall–Kier alpha value is -10.4. The van der Waals surface area contributed by atoms with Crippen LogP contribution in [0.5, 0.6) is 17.2 Å². The van der Waals surface area contributed by atoms with E-state index in [1.165, 1.54) is 105 Å². The maximum absolute atomic E-state index is 13.5. The summed E-state index contributed by atoms with van der Waals surface area (Å²) in [5.74, 6) is 1.72. The van der Waals surface area contributed by atoms with E-state index >= 15 is 0 Å². The first-order valence-electron chi connectivity index (χ1n) is 41.4. The van der Waals surface area contributed by atoms with Crippen molar-refractivity contribution in [3.05, 3.63) is 329 Å². The highest BCUT2D eigenvalue weighted by Gasteiger charge is 2.47. The van der Waals surface area contributed by atoms with Gasteiger partial charge < -0.3 is 62.1 Å². The summed E-state index contributed by atoms with van der Waals surface area (Å²) in [6.45, 7) is 13.0. The lowest BCUT2D eigenvalue weighted by Crippen LogP contribution is -2.29. The molecule has 18 rings (SSSR count). The van der Waals surface area contributed by atoms with E-state index in [0.717, 1.165) is 92.7 Å². The molecule has 16 aromatic rings. The number of halogens is 4. The lowest BCUT2D eigenvalue weighted by molar-refractivity contribution is -0.191. The molecule has 0 fully saturated rings. The van der Waals surface area contributed by atoms with Crippen LogP contribution >= 0.6 is 75.1 Å². The van der Waals surface area contributed by atoms with Crippen LogP contribution in [0.1, 0.15) is 82.9 Å². The number of carbonyl (C=O) groups is 1. The number of nitrogens with zero attached hydrogens (tertiary/aromatic N) is 3. The van der Waals surface area contributed by atoms with Crippen molar-refractivity contribution in [3.8, 4) is 39.8 Å². The van der Waals surface area contributed by atoms with Crippen LogP contribution in [0, 0.1) is 6.92 Å². The average Bonchev–Trinajstić information content (AvgIpc) is 1.53. The summed E-state index contributed by atoms with van der Waals surface area (Å²) < 4.78 is 55.1. The number of aliphatic hydroxyl groups excluding tert-OH is 2. The molecule has 634 valence electrons. The van der Waals surface area contributed by atoms with Crippen LogP contribution in [-0.4, -0.2) is 124 Å². The second kappa shape index (κ2) is 43.0. The number of fused-ring (bicyclic) bond motifs is 14. The molecule has 1 aliphatic heterocycles. The number of anilines is 3. The van der Waals surface area contributed by atoms with E-state index in [9.17, 15) is 4.79 Å². The summed E-state index contributed by atoms with van der Waals surface area (Å²) in [6, 6.07) is 95.5. The predicted octanol–water partition coefficient (Wildman–Crippen LogP) is 25.5. The van der Waals surface area contributed by atoms with Crippen LogP contribution in [0.25, 0.3) is 86.3 Å². The molecule has 0 atom stereocenters. The van der Waals surface area contributed by atoms with Gasteiger partial charge in [0.25, 0.3) is 0 Å². The van der Waals surface area contributed by atoms with Crippen LogP contribution in [0.2, 0.25) is 0 Å². The first-order valence-corrected chi connectivity index (χ1v) is 45.4. The van der Waals surface area contributed by atoms with Gasteiger partial charge in [0.05, 0.1) is 118 Å². The van der Waals surface area contributed by atoms with Crippen LogP contribution in [0.3, 0.4) is 0 Å². The number of aliphatic hydroxyl groups is 2. The Morgan fingerprint density at radius 2 is 0.895 bits per heavy atom. The Morgan fingerprint density at radius 1 is 0.460 bits per heavy atom. The number of hydrogen-bond donors (Lipinski definition) is 2. The van der Waals surface area contributed by atoms with Crippen LogP contribution in [-0.2, 0) is 56.3 Å². The van der Waals surface area contributed by atoms with Gasteiger partial charge in [-0.05, 0) is 229 Å². The number of para-hydroxylation sites is 4. The molecule has 1 aliphatic carbocycles. The fourth-order valence-corrected chi connectivity index (χ4v) is 18.9. The average molecular weight is 1930 g/mol. The number of unbranched alkanes of at least 4 members (excludes halogenated alkanes) is 1. The Morgan fingerprint density at radius 3 is 1.36 bits per heavy atom. The zero-order chi connectivity index (χ0) is 86.6. The normalized spacial score (nSPS) is 12.1. The Kier molecular flexibility index (Phi) is 31.1.